The summed E-state index contributed by atoms with van der Waals surface area (Å²) >= 11 is 0. The zero-order chi connectivity index (χ0) is 7.91. The van der Waals surface area contributed by atoms with Crippen LogP contribution in [-0.2, 0) is 0 Å². The smallest absolute Gasteiger partial charge is 0.0479 e. The number of aliphatic hydroxyl groups excluding tert-OH is 1. The Bertz CT molecular complexity index is 63.8. The summed E-state index contributed by atoms with van der Waals surface area (Å²) in [5.41, 5.74) is 0.0972. The van der Waals surface area contributed by atoms with E-state index in [1.807, 2.05) is 20.8 Å². The molecule has 0 aliphatic rings. The summed E-state index contributed by atoms with van der Waals surface area (Å²) in [6, 6.07) is 0. The van der Waals surface area contributed by atoms with Crippen molar-refractivity contribution >= 4 is 6.21 Å². The first-order valence-electron chi connectivity index (χ1n) is 3.04. The molecule has 9 heavy (non-hydrogen) atoms. The molecule has 56 valence electrons. The molecule has 0 rings (SSSR count). The van der Waals surface area contributed by atoms with Gasteiger partial charge >= 0.3 is 0 Å². The van der Waals surface area contributed by atoms with Crippen LogP contribution in [0.15, 0.2) is 0 Å². The highest BCUT2D eigenvalue weighted by atomic mass is 16.3. The van der Waals surface area contributed by atoms with Gasteiger partial charge in [0.15, 0.2) is 0 Å². The molecule has 2 N–H and O–H groups in total. The first kappa shape index (κ1) is 11.4. The van der Waals surface area contributed by atoms with E-state index in [0.717, 1.165) is 0 Å². The Kier molecular flexibility index (Phi) is 7.32. The van der Waals surface area contributed by atoms with Crippen molar-refractivity contribution in [2.45, 2.75) is 27.7 Å². The van der Waals surface area contributed by atoms with Gasteiger partial charge in [0.05, 0.1) is 0 Å². The summed E-state index contributed by atoms with van der Waals surface area (Å²) < 4.78 is 0. The molecule has 0 aromatic heterocycles. The molecule has 0 unspecified atom stereocenters. The first-order chi connectivity index (χ1) is 3.97. The van der Waals surface area contributed by atoms with Gasteiger partial charge in [-0.15, -0.1) is 0 Å². The minimum Gasteiger partial charge on any atom is -0.396 e. The molecule has 0 saturated carbocycles. The van der Waals surface area contributed by atoms with E-state index < -0.39 is 0 Å². The van der Waals surface area contributed by atoms with Crippen LogP contribution >= 0.6 is 0 Å². The van der Waals surface area contributed by atoms with Crippen molar-refractivity contribution in [2.75, 3.05) is 6.61 Å². The van der Waals surface area contributed by atoms with E-state index in [-0.39, 0.29) is 12.0 Å². The third-order valence-electron chi connectivity index (χ3n) is 0.474. The number of hydrogen-bond donors (Lipinski definition) is 2. The molecule has 0 spiro atoms. The van der Waals surface area contributed by atoms with Gasteiger partial charge in [-0.1, -0.05) is 20.8 Å². The molecule has 0 radical (unpaired) electrons. The van der Waals surface area contributed by atoms with Crippen molar-refractivity contribution in [1.82, 2.24) is 0 Å². The van der Waals surface area contributed by atoms with Gasteiger partial charge in [0.1, 0.15) is 0 Å². The van der Waals surface area contributed by atoms with Crippen molar-refractivity contribution in [1.29, 1.82) is 5.41 Å². The van der Waals surface area contributed by atoms with Crippen molar-refractivity contribution in [3.05, 3.63) is 0 Å². The molecule has 0 fully saturated rings. The minimum absolute atomic E-state index is 0.0972. The predicted molar refractivity (Wildman–Crippen MR) is 41.0 cm³/mol. The highest BCUT2D eigenvalue weighted by Gasteiger charge is 2.05. The maximum absolute atomic E-state index is 8.40. The fraction of sp³-hybridized carbons (Fsp3) is 0.857. The molecular formula is C7H17NO. The van der Waals surface area contributed by atoms with Crippen LogP contribution < -0.4 is 0 Å². The Balaban J connectivity index is 0. The van der Waals surface area contributed by atoms with Gasteiger partial charge < -0.3 is 10.5 Å². The average Bonchev–Trinajstić information content (AvgIpc) is 1.67. The third-order valence-corrected chi connectivity index (χ3v) is 0.474. The van der Waals surface area contributed by atoms with E-state index in [1.54, 1.807) is 6.92 Å². The van der Waals surface area contributed by atoms with E-state index >= 15 is 0 Å². The minimum atomic E-state index is 0.0972. The van der Waals surface area contributed by atoms with Crippen LogP contribution in [0.1, 0.15) is 27.7 Å². The molecule has 0 atom stereocenters. The van der Waals surface area contributed by atoms with Gasteiger partial charge in [-0.05, 0) is 18.6 Å². The number of nitrogens with one attached hydrogen (secondary N) is 1. The summed E-state index contributed by atoms with van der Waals surface area (Å²) in [6.07, 6.45) is 1.25. The SMILES string of the molecule is CC(C)(C)CO.CC=N. The molecule has 0 amide bonds. The molecule has 0 saturated heterocycles. The van der Waals surface area contributed by atoms with E-state index in [2.05, 4.69) is 0 Å². The maximum Gasteiger partial charge on any atom is 0.0479 e. The van der Waals surface area contributed by atoms with Crippen LogP contribution in [0.5, 0.6) is 0 Å². The topological polar surface area (TPSA) is 44.1 Å². The zero-order valence-electron chi connectivity index (χ0n) is 6.73. The molecule has 0 aliphatic heterocycles. The van der Waals surface area contributed by atoms with E-state index in [1.165, 1.54) is 6.21 Å². The average molecular weight is 131 g/mol. The standard InChI is InChI=1S/C5H12O.C2H5N/c1-5(2,3)4-6;1-2-3/h6H,4H2,1-3H3;2-3H,1H3. The lowest BCUT2D eigenvalue weighted by Crippen LogP contribution is -2.09. The van der Waals surface area contributed by atoms with Crippen LogP contribution in [-0.4, -0.2) is 17.9 Å². The molecule has 2 nitrogen and oxygen atoms in total. The lowest BCUT2D eigenvalue weighted by molar-refractivity contribution is 0.177. The lowest BCUT2D eigenvalue weighted by atomic mass is 9.99. The Morgan fingerprint density at radius 2 is 1.56 bits per heavy atom. The van der Waals surface area contributed by atoms with Gasteiger partial charge in [-0.3, -0.25) is 0 Å². The van der Waals surface area contributed by atoms with Crippen molar-refractivity contribution in [3.63, 3.8) is 0 Å². The predicted octanol–water partition coefficient (Wildman–Crippen LogP) is 1.68. The second-order valence-corrected chi connectivity index (χ2v) is 3.01. The van der Waals surface area contributed by atoms with Crippen LogP contribution in [0.3, 0.4) is 0 Å². The van der Waals surface area contributed by atoms with Crippen molar-refractivity contribution in [2.24, 2.45) is 5.41 Å². The number of rotatable bonds is 0. The summed E-state index contributed by atoms with van der Waals surface area (Å²) in [7, 11) is 0. The van der Waals surface area contributed by atoms with Gasteiger partial charge in [-0.25, -0.2) is 0 Å². The van der Waals surface area contributed by atoms with Crippen molar-refractivity contribution < 1.29 is 5.11 Å². The van der Waals surface area contributed by atoms with Crippen molar-refractivity contribution in [3.8, 4) is 0 Å². The first-order valence-corrected chi connectivity index (χ1v) is 3.04. The fourth-order valence-electron chi connectivity index (χ4n) is 0. The molecule has 0 aliphatic carbocycles. The van der Waals surface area contributed by atoms with Gasteiger partial charge in [0.25, 0.3) is 0 Å². The fourth-order valence-corrected chi connectivity index (χ4v) is 0. The van der Waals surface area contributed by atoms with Gasteiger partial charge in [0, 0.05) is 6.61 Å². The molecule has 0 bridgehead atoms. The summed E-state index contributed by atoms with van der Waals surface area (Å²) in [5.74, 6) is 0. The third kappa shape index (κ3) is 35.0. The van der Waals surface area contributed by atoms with Crippen LogP contribution in [0.4, 0.5) is 0 Å². The molecule has 0 aromatic rings. The van der Waals surface area contributed by atoms with E-state index in [9.17, 15) is 0 Å². The second-order valence-electron chi connectivity index (χ2n) is 3.01. The Morgan fingerprint density at radius 3 is 1.56 bits per heavy atom. The van der Waals surface area contributed by atoms with E-state index in [4.69, 9.17) is 10.5 Å². The molecule has 2 heteroatoms. The summed E-state index contributed by atoms with van der Waals surface area (Å²) in [5, 5.41) is 14.5. The monoisotopic (exact) mass is 131 g/mol. The Labute approximate surface area is 57.4 Å². The highest BCUT2D eigenvalue weighted by Crippen LogP contribution is 2.09. The van der Waals surface area contributed by atoms with Gasteiger partial charge in [0.2, 0.25) is 0 Å². The maximum atomic E-state index is 8.40. The molecule has 0 aromatic carbocycles. The number of hydrogen-bond acceptors (Lipinski definition) is 2. The molecule has 0 heterocycles. The quantitative estimate of drug-likeness (QED) is 0.483. The summed E-state index contributed by atoms with van der Waals surface area (Å²) in [4.78, 5) is 0. The lowest BCUT2D eigenvalue weighted by Gasteiger charge is -2.11. The van der Waals surface area contributed by atoms with Crippen LogP contribution in [0, 0.1) is 10.8 Å². The summed E-state index contributed by atoms with van der Waals surface area (Å²) in [6.45, 7) is 7.92. The van der Waals surface area contributed by atoms with Crippen LogP contribution in [0.25, 0.3) is 0 Å². The Morgan fingerprint density at radius 1 is 1.44 bits per heavy atom. The molecular weight excluding hydrogens is 114 g/mol. The normalized spacial score (nSPS) is 9.44. The second kappa shape index (κ2) is 5.76. The van der Waals surface area contributed by atoms with Gasteiger partial charge in [-0.2, -0.15) is 0 Å². The number of aliphatic hydroxyl groups is 1. The Hall–Kier alpha value is -0.370. The van der Waals surface area contributed by atoms with E-state index in [0.29, 0.717) is 0 Å². The largest absolute Gasteiger partial charge is 0.396 e. The van der Waals surface area contributed by atoms with Crippen LogP contribution in [0.2, 0.25) is 0 Å². The highest BCUT2D eigenvalue weighted by molar-refractivity contribution is 5.48. The zero-order valence-corrected chi connectivity index (χ0v) is 6.73.